The van der Waals surface area contributed by atoms with Crippen molar-refractivity contribution in [3.63, 3.8) is 0 Å². The third-order valence-electron chi connectivity index (χ3n) is 2.57. The Labute approximate surface area is 110 Å². The number of non-ortho nitro benzene ring substituents is 1. The number of hydrogen-bond acceptors (Lipinski definition) is 5. The van der Waals surface area contributed by atoms with Gasteiger partial charge in [0.1, 0.15) is 11.6 Å². The molecule has 0 atom stereocenters. The number of nitro groups is 1. The molecule has 0 saturated heterocycles. The van der Waals surface area contributed by atoms with Crippen LogP contribution in [0.5, 0.6) is 5.75 Å². The Morgan fingerprint density at radius 2 is 2.21 bits per heavy atom. The van der Waals surface area contributed by atoms with Gasteiger partial charge in [-0.1, -0.05) is 12.1 Å². The molecule has 0 unspecified atom stereocenters. The Balaban J connectivity index is 2.01. The molecule has 2 aromatic rings. The standard InChI is InChI=1S/C13H13N3O3/c1-19-12-5-6-13(15-9-12)14-8-10-3-2-4-11(7-10)16(17)18/h2-7,9H,8H2,1H3,(H,14,15). The van der Waals surface area contributed by atoms with E-state index in [0.29, 0.717) is 18.1 Å². The molecule has 0 aliphatic rings. The van der Waals surface area contributed by atoms with E-state index in [0.717, 1.165) is 5.56 Å². The van der Waals surface area contributed by atoms with E-state index in [-0.39, 0.29) is 5.69 Å². The highest BCUT2D eigenvalue weighted by molar-refractivity contribution is 5.40. The Morgan fingerprint density at radius 1 is 1.37 bits per heavy atom. The van der Waals surface area contributed by atoms with Crippen molar-refractivity contribution in [2.75, 3.05) is 12.4 Å². The van der Waals surface area contributed by atoms with E-state index < -0.39 is 4.92 Å². The number of anilines is 1. The van der Waals surface area contributed by atoms with Crippen LogP contribution in [-0.2, 0) is 6.54 Å². The van der Waals surface area contributed by atoms with E-state index >= 15 is 0 Å². The highest BCUT2D eigenvalue weighted by atomic mass is 16.6. The molecule has 6 heteroatoms. The highest BCUT2D eigenvalue weighted by Crippen LogP contribution is 2.15. The zero-order valence-electron chi connectivity index (χ0n) is 10.4. The van der Waals surface area contributed by atoms with Crippen molar-refractivity contribution in [3.05, 3.63) is 58.3 Å². The molecule has 0 fully saturated rings. The van der Waals surface area contributed by atoms with E-state index in [1.54, 1.807) is 31.5 Å². The van der Waals surface area contributed by atoms with Crippen molar-refractivity contribution in [3.8, 4) is 5.75 Å². The molecule has 0 spiro atoms. The minimum Gasteiger partial charge on any atom is -0.495 e. The Kier molecular flexibility index (Phi) is 3.92. The summed E-state index contributed by atoms with van der Waals surface area (Å²) in [4.78, 5) is 14.4. The van der Waals surface area contributed by atoms with Crippen molar-refractivity contribution in [1.82, 2.24) is 4.98 Å². The second kappa shape index (κ2) is 5.81. The third-order valence-corrected chi connectivity index (χ3v) is 2.57. The molecule has 0 aliphatic heterocycles. The number of pyridine rings is 1. The van der Waals surface area contributed by atoms with E-state index in [2.05, 4.69) is 10.3 Å². The van der Waals surface area contributed by atoms with Gasteiger partial charge < -0.3 is 10.1 Å². The Morgan fingerprint density at radius 3 is 2.84 bits per heavy atom. The molecule has 1 aromatic heterocycles. The number of methoxy groups -OCH3 is 1. The first-order valence-electron chi connectivity index (χ1n) is 5.66. The molecule has 0 saturated carbocycles. The third kappa shape index (κ3) is 3.41. The molecule has 0 aliphatic carbocycles. The lowest BCUT2D eigenvalue weighted by atomic mass is 10.2. The van der Waals surface area contributed by atoms with Gasteiger partial charge >= 0.3 is 0 Å². The topological polar surface area (TPSA) is 77.3 Å². The number of nitro benzene ring substituents is 1. The van der Waals surface area contributed by atoms with Crippen LogP contribution < -0.4 is 10.1 Å². The van der Waals surface area contributed by atoms with Crippen LogP contribution >= 0.6 is 0 Å². The van der Waals surface area contributed by atoms with Crippen LogP contribution in [0.1, 0.15) is 5.56 Å². The van der Waals surface area contributed by atoms with Crippen molar-refractivity contribution in [2.45, 2.75) is 6.54 Å². The van der Waals surface area contributed by atoms with Crippen molar-refractivity contribution < 1.29 is 9.66 Å². The number of aromatic nitrogens is 1. The number of rotatable bonds is 5. The molecule has 1 aromatic carbocycles. The van der Waals surface area contributed by atoms with Crippen LogP contribution in [0.25, 0.3) is 0 Å². The van der Waals surface area contributed by atoms with Gasteiger partial charge in [-0.25, -0.2) is 4.98 Å². The zero-order chi connectivity index (χ0) is 13.7. The zero-order valence-corrected chi connectivity index (χ0v) is 10.4. The lowest BCUT2D eigenvalue weighted by molar-refractivity contribution is -0.384. The molecule has 0 radical (unpaired) electrons. The van der Waals surface area contributed by atoms with Gasteiger partial charge in [0.15, 0.2) is 0 Å². The summed E-state index contributed by atoms with van der Waals surface area (Å²) in [6, 6.07) is 10.1. The maximum absolute atomic E-state index is 10.7. The molecular formula is C13H13N3O3. The van der Waals surface area contributed by atoms with E-state index in [9.17, 15) is 10.1 Å². The van der Waals surface area contributed by atoms with Crippen molar-refractivity contribution >= 4 is 11.5 Å². The number of hydrogen-bond donors (Lipinski definition) is 1. The van der Waals surface area contributed by atoms with Gasteiger partial charge in [0, 0.05) is 18.7 Å². The normalized spacial score (nSPS) is 9.95. The average molecular weight is 259 g/mol. The van der Waals surface area contributed by atoms with Crippen LogP contribution in [0.15, 0.2) is 42.6 Å². The maximum atomic E-state index is 10.7. The van der Waals surface area contributed by atoms with Gasteiger partial charge in [-0.15, -0.1) is 0 Å². The lowest BCUT2D eigenvalue weighted by Gasteiger charge is -2.06. The first-order chi connectivity index (χ1) is 9.19. The Hall–Kier alpha value is -2.63. The summed E-state index contributed by atoms with van der Waals surface area (Å²) < 4.78 is 5.01. The van der Waals surface area contributed by atoms with Gasteiger partial charge in [0.05, 0.1) is 18.2 Å². The van der Waals surface area contributed by atoms with Crippen LogP contribution in [0.4, 0.5) is 11.5 Å². The SMILES string of the molecule is COc1ccc(NCc2cccc([N+](=O)[O-])c2)nc1. The first kappa shape index (κ1) is 12.8. The monoisotopic (exact) mass is 259 g/mol. The molecule has 98 valence electrons. The fourth-order valence-electron chi connectivity index (χ4n) is 1.58. The summed E-state index contributed by atoms with van der Waals surface area (Å²) in [6.07, 6.45) is 1.61. The molecule has 0 bridgehead atoms. The van der Waals surface area contributed by atoms with Crippen LogP contribution in [0.3, 0.4) is 0 Å². The van der Waals surface area contributed by atoms with Crippen LogP contribution in [0.2, 0.25) is 0 Å². The van der Waals surface area contributed by atoms with E-state index in [1.807, 2.05) is 6.07 Å². The minimum atomic E-state index is -0.408. The summed E-state index contributed by atoms with van der Waals surface area (Å²) in [6.45, 7) is 0.473. The number of ether oxygens (including phenoxy) is 1. The summed E-state index contributed by atoms with van der Waals surface area (Å²) in [5, 5.41) is 13.7. The van der Waals surface area contributed by atoms with Gasteiger partial charge in [-0.2, -0.15) is 0 Å². The predicted molar refractivity (Wildman–Crippen MR) is 71.2 cm³/mol. The van der Waals surface area contributed by atoms with Gasteiger partial charge in [-0.05, 0) is 17.7 Å². The van der Waals surface area contributed by atoms with Crippen LogP contribution in [0, 0.1) is 10.1 Å². The van der Waals surface area contributed by atoms with Crippen molar-refractivity contribution in [2.24, 2.45) is 0 Å². The largest absolute Gasteiger partial charge is 0.495 e. The molecule has 0 amide bonds. The molecular weight excluding hydrogens is 246 g/mol. The second-order valence-corrected chi connectivity index (χ2v) is 3.86. The molecule has 19 heavy (non-hydrogen) atoms. The molecule has 1 heterocycles. The minimum absolute atomic E-state index is 0.0852. The fraction of sp³-hybridized carbons (Fsp3) is 0.154. The number of benzene rings is 1. The molecule has 1 N–H and O–H groups in total. The van der Waals surface area contributed by atoms with E-state index in [1.165, 1.54) is 12.1 Å². The summed E-state index contributed by atoms with van der Waals surface area (Å²) in [7, 11) is 1.58. The summed E-state index contributed by atoms with van der Waals surface area (Å²) in [5.41, 5.74) is 0.911. The highest BCUT2D eigenvalue weighted by Gasteiger charge is 2.05. The smallest absolute Gasteiger partial charge is 0.269 e. The van der Waals surface area contributed by atoms with E-state index in [4.69, 9.17) is 4.74 Å². The number of nitrogens with one attached hydrogen (secondary N) is 1. The Bertz CT molecular complexity index is 570. The van der Waals surface area contributed by atoms with Gasteiger partial charge in [-0.3, -0.25) is 10.1 Å². The van der Waals surface area contributed by atoms with Crippen molar-refractivity contribution in [1.29, 1.82) is 0 Å². The predicted octanol–water partition coefficient (Wildman–Crippen LogP) is 2.61. The first-order valence-corrected chi connectivity index (χ1v) is 5.66. The molecule has 2 rings (SSSR count). The number of nitrogens with zero attached hydrogens (tertiary/aromatic N) is 2. The summed E-state index contributed by atoms with van der Waals surface area (Å²) >= 11 is 0. The maximum Gasteiger partial charge on any atom is 0.269 e. The van der Waals surface area contributed by atoms with Gasteiger partial charge in [0.25, 0.3) is 5.69 Å². The van der Waals surface area contributed by atoms with Gasteiger partial charge in [0.2, 0.25) is 0 Å². The second-order valence-electron chi connectivity index (χ2n) is 3.86. The quantitative estimate of drug-likeness (QED) is 0.659. The fourth-order valence-corrected chi connectivity index (χ4v) is 1.58. The van der Waals surface area contributed by atoms with Crippen LogP contribution in [-0.4, -0.2) is 17.0 Å². The lowest BCUT2D eigenvalue weighted by Crippen LogP contribution is -2.01. The summed E-state index contributed by atoms with van der Waals surface area (Å²) in [5.74, 6) is 1.37. The average Bonchev–Trinajstić information content (AvgIpc) is 2.46. The molecule has 6 nitrogen and oxygen atoms in total.